The third kappa shape index (κ3) is 421. The molecule has 0 nitrogen and oxygen atoms in total. The van der Waals surface area contributed by atoms with Gasteiger partial charge in [0, 0.05) is 0 Å². The fourth-order valence-electron chi connectivity index (χ4n) is 0. The summed E-state index contributed by atoms with van der Waals surface area (Å²) in [5.41, 5.74) is 0. The maximum atomic E-state index is 4.25. The molecule has 0 unspecified atom stereocenters. The van der Waals surface area contributed by atoms with E-state index in [2.05, 4.69) is 39.3 Å². The van der Waals surface area contributed by atoms with Crippen LogP contribution in [0.15, 0.2) is 6.58 Å². The third-order valence-corrected chi connectivity index (χ3v) is 0. The molecule has 0 aliphatic heterocycles. The molecule has 0 aliphatic rings. The maximum absolute atomic E-state index is 4.25. The van der Waals surface area contributed by atoms with Crippen molar-refractivity contribution in [1.29, 1.82) is 0 Å². The molecule has 0 aromatic carbocycles. The van der Waals surface area contributed by atoms with Crippen LogP contribution in [0.3, 0.4) is 0 Å². The Morgan fingerprint density at radius 2 is 1.25 bits per heavy atom. The minimum absolute atomic E-state index is 0. The van der Waals surface area contributed by atoms with Crippen molar-refractivity contribution in [2.24, 2.45) is 0 Å². The van der Waals surface area contributed by atoms with Crippen molar-refractivity contribution in [3.8, 4) is 0 Å². The molecule has 0 saturated carbocycles. The first kappa shape index (κ1) is 15.9. The largest absolute Gasteiger partial charge is 2.00 e. The molecule has 44 valence electrons. The molecule has 0 bridgehead atoms. The standard InChI is InChI=1S/C4H11Si.C2H3.Mg/c1-5(2,3)4;1-2;/h1H2,2-4H3;1H,2H2;/q2*-1;+2. The van der Waals surface area contributed by atoms with Crippen molar-refractivity contribution in [2.75, 3.05) is 0 Å². The quantitative estimate of drug-likeness (QED) is 0.355. The second-order valence-electron chi connectivity index (χ2n) is 2.56. The average Bonchev–Trinajstić information content (AvgIpc) is 1.36. The van der Waals surface area contributed by atoms with Gasteiger partial charge in [-0.05, 0) is 0 Å². The van der Waals surface area contributed by atoms with Crippen molar-refractivity contribution in [2.45, 2.75) is 19.6 Å². The van der Waals surface area contributed by atoms with Crippen LogP contribution >= 0.6 is 0 Å². The first-order valence-corrected chi connectivity index (χ1v) is 5.97. The van der Waals surface area contributed by atoms with E-state index in [1.165, 1.54) is 0 Å². The smallest absolute Gasteiger partial charge is 0.521 e. The van der Waals surface area contributed by atoms with E-state index in [1.807, 2.05) is 0 Å². The van der Waals surface area contributed by atoms with Crippen LogP contribution in [0, 0.1) is 13.1 Å². The van der Waals surface area contributed by atoms with E-state index < -0.39 is 8.07 Å². The van der Waals surface area contributed by atoms with E-state index in [9.17, 15) is 0 Å². The van der Waals surface area contributed by atoms with Crippen LogP contribution in [0.1, 0.15) is 0 Å². The fraction of sp³-hybridized carbons (Fsp3) is 0.500. The Morgan fingerprint density at radius 1 is 1.25 bits per heavy atom. The van der Waals surface area contributed by atoms with Crippen LogP contribution in [-0.2, 0) is 0 Å². The van der Waals surface area contributed by atoms with Gasteiger partial charge in [0.15, 0.2) is 0 Å². The summed E-state index contributed by atoms with van der Waals surface area (Å²) < 4.78 is 0. The van der Waals surface area contributed by atoms with Crippen LogP contribution in [0.25, 0.3) is 0 Å². The summed E-state index contributed by atoms with van der Waals surface area (Å²) in [5.74, 6) is 0. The molecule has 0 atom stereocenters. The van der Waals surface area contributed by atoms with Gasteiger partial charge in [-0.25, -0.2) is 0 Å². The molecule has 2 heteroatoms. The van der Waals surface area contributed by atoms with Crippen molar-refractivity contribution >= 4 is 31.1 Å². The van der Waals surface area contributed by atoms with Crippen LogP contribution < -0.4 is 0 Å². The molecule has 0 N–H and O–H groups in total. The van der Waals surface area contributed by atoms with E-state index in [1.54, 1.807) is 0 Å². The van der Waals surface area contributed by atoms with Gasteiger partial charge >= 0.3 is 23.1 Å². The van der Waals surface area contributed by atoms with Crippen molar-refractivity contribution in [1.82, 2.24) is 0 Å². The fourth-order valence-corrected chi connectivity index (χ4v) is 0. The van der Waals surface area contributed by atoms with Crippen LogP contribution in [-0.4, -0.2) is 31.1 Å². The van der Waals surface area contributed by atoms with Gasteiger partial charge in [-0.15, -0.1) is 8.07 Å². The van der Waals surface area contributed by atoms with Gasteiger partial charge in [-0.1, -0.05) is 19.6 Å². The zero-order valence-corrected chi connectivity index (χ0v) is 8.61. The number of hydrogen-bond donors (Lipinski definition) is 0. The Hall–Kier alpha value is 0.723. The minimum Gasteiger partial charge on any atom is -0.521 e. The summed E-state index contributed by atoms with van der Waals surface area (Å²) in [6.07, 6.45) is 0. The van der Waals surface area contributed by atoms with Gasteiger partial charge in [0.25, 0.3) is 0 Å². The molecule has 0 aliphatic carbocycles. The molecule has 8 heavy (non-hydrogen) atoms. The predicted molar refractivity (Wildman–Crippen MR) is 44.4 cm³/mol. The van der Waals surface area contributed by atoms with E-state index in [4.69, 9.17) is 0 Å². The molecule has 0 amide bonds. The Morgan fingerprint density at radius 3 is 1.25 bits per heavy atom. The monoisotopic (exact) mass is 138 g/mol. The molecule has 0 radical (unpaired) electrons. The minimum atomic E-state index is -0.861. The van der Waals surface area contributed by atoms with Crippen LogP contribution in [0.4, 0.5) is 0 Å². The maximum Gasteiger partial charge on any atom is 2.00 e. The average molecular weight is 139 g/mol. The molecule has 0 saturated heterocycles. The van der Waals surface area contributed by atoms with E-state index in [0.717, 1.165) is 0 Å². The van der Waals surface area contributed by atoms with Gasteiger partial charge in [0.2, 0.25) is 0 Å². The molecule has 0 spiro atoms. The summed E-state index contributed by atoms with van der Waals surface area (Å²) in [6.45, 7) is 17.6. The molecule has 0 fully saturated rings. The van der Waals surface area contributed by atoms with Crippen LogP contribution in [0.2, 0.25) is 19.6 Å². The Labute approximate surface area is 70.5 Å². The van der Waals surface area contributed by atoms with Gasteiger partial charge in [-0.2, -0.15) is 0 Å². The Bertz CT molecular complexity index is 32.3. The third-order valence-electron chi connectivity index (χ3n) is 0. The van der Waals surface area contributed by atoms with Crippen molar-refractivity contribution in [3.05, 3.63) is 19.7 Å². The first-order valence-electron chi connectivity index (χ1n) is 2.26. The SMILES string of the molecule is [CH-]=C.[CH2-][Si](C)(C)C.[Mg+2]. The Kier molecular flexibility index (Phi) is 15.3. The molecule has 0 aromatic heterocycles. The molecular formula is C6H14MgSi. The van der Waals surface area contributed by atoms with Gasteiger partial charge < -0.3 is 13.1 Å². The normalized spacial score (nSPS) is 8.00. The van der Waals surface area contributed by atoms with Gasteiger partial charge in [-0.3, -0.25) is 6.58 Å². The molecule has 0 rings (SSSR count). The first-order chi connectivity index (χ1) is 3.00. The van der Waals surface area contributed by atoms with E-state index in [-0.39, 0.29) is 23.1 Å². The van der Waals surface area contributed by atoms with Gasteiger partial charge in [0.05, 0.1) is 0 Å². The summed E-state index contributed by atoms with van der Waals surface area (Å²) in [5, 5.41) is 0. The summed E-state index contributed by atoms with van der Waals surface area (Å²) >= 11 is 0. The zero-order chi connectivity index (χ0) is 6.50. The van der Waals surface area contributed by atoms with Crippen molar-refractivity contribution < 1.29 is 0 Å². The van der Waals surface area contributed by atoms with Gasteiger partial charge in [0.1, 0.15) is 0 Å². The predicted octanol–water partition coefficient (Wildman–Crippen LogP) is 1.92. The van der Waals surface area contributed by atoms with E-state index in [0.29, 0.717) is 0 Å². The van der Waals surface area contributed by atoms with Crippen LogP contribution in [0.5, 0.6) is 0 Å². The number of hydrogen-bond acceptors (Lipinski definition) is 0. The second-order valence-corrected chi connectivity index (χ2v) is 7.68. The molecule has 0 aromatic rings. The molecular weight excluding hydrogens is 124 g/mol. The van der Waals surface area contributed by atoms with Crippen molar-refractivity contribution in [3.63, 3.8) is 0 Å². The summed E-state index contributed by atoms with van der Waals surface area (Å²) in [4.78, 5) is 0. The topological polar surface area (TPSA) is 0 Å². The summed E-state index contributed by atoms with van der Waals surface area (Å²) in [6, 6.07) is 0. The summed E-state index contributed by atoms with van der Waals surface area (Å²) in [7, 11) is -0.861. The molecule has 0 heterocycles. The zero-order valence-electron chi connectivity index (χ0n) is 6.20. The Balaban J connectivity index is -0.0000000750. The number of rotatable bonds is 0. The van der Waals surface area contributed by atoms with E-state index >= 15 is 0 Å². The second kappa shape index (κ2) is 7.72.